The molecule has 2 N–H and O–H groups in total. The first kappa shape index (κ1) is 21.8. The maximum absolute atomic E-state index is 12.2. The molecular weight excluding hydrogens is 452 g/mol. The second-order valence-corrected chi connectivity index (χ2v) is 6.29. The van der Waals surface area contributed by atoms with Crippen LogP contribution in [0, 0.1) is 0 Å². The standard InChI is InChI=1S/C18H24FN3OS.HI/c19-10-5-11-20-18(21-12-9-16-6-4-14-23-16)22-13-15-24-17-7-2-1-3-8-17;/h1-4,6-8,14H,5,9-13,15H2,(H2,20,21,22);1H. The lowest BCUT2D eigenvalue weighted by Crippen LogP contribution is -2.39. The first-order valence-corrected chi connectivity index (χ1v) is 9.15. The smallest absolute Gasteiger partial charge is 0.191 e. The second kappa shape index (κ2) is 14.0. The zero-order chi connectivity index (χ0) is 16.9. The predicted molar refractivity (Wildman–Crippen MR) is 114 cm³/mol. The number of thioether (sulfide) groups is 1. The second-order valence-electron chi connectivity index (χ2n) is 5.12. The molecule has 0 fully saturated rings. The van der Waals surface area contributed by atoms with Gasteiger partial charge >= 0.3 is 0 Å². The fourth-order valence-electron chi connectivity index (χ4n) is 2.04. The molecule has 2 rings (SSSR count). The highest BCUT2D eigenvalue weighted by Crippen LogP contribution is 2.15. The molecule has 4 nitrogen and oxygen atoms in total. The Kier molecular flexibility index (Phi) is 12.2. The summed E-state index contributed by atoms with van der Waals surface area (Å²) in [6.45, 7) is 1.66. The summed E-state index contributed by atoms with van der Waals surface area (Å²) in [5.74, 6) is 2.60. The van der Waals surface area contributed by atoms with Crippen LogP contribution in [0.4, 0.5) is 4.39 Å². The number of rotatable bonds is 10. The van der Waals surface area contributed by atoms with Crippen molar-refractivity contribution < 1.29 is 8.81 Å². The van der Waals surface area contributed by atoms with Gasteiger partial charge in [-0.2, -0.15) is 0 Å². The molecule has 0 radical (unpaired) electrons. The van der Waals surface area contributed by atoms with Gasteiger partial charge < -0.3 is 15.1 Å². The molecule has 138 valence electrons. The Balaban J connectivity index is 0.00000312. The number of furan rings is 1. The Morgan fingerprint density at radius 1 is 1.08 bits per heavy atom. The van der Waals surface area contributed by atoms with Gasteiger partial charge in [-0.3, -0.25) is 9.38 Å². The van der Waals surface area contributed by atoms with Crippen LogP contribution in [-0.4, -0.2) is 38.0 Å². The molecule has 0 atom stereocenters. The van der Waals surface area contributed by atoms with Gasteiger partial charge in [0.15, 0.2) is 5.96 Å². The molecule has 25 heavy (non-hydrogen) atoms. The van der Waals surface area contributed by atoms with Gasteiger partial charge in [-0.25, -0.2) is 0 Å². The van der Waals surface area contributed by atoms with Gasteiger partial charge in [-0.1, -0.05) is 18.2 Å². The van der Waals surface area contributed by atoms with E-state index in [9.17, 15) is 4.39 Å². The van der Waals surface area contributed by atoms with E-state index in [-0.39, 0.29) is 30.7 Å². The zero-order valence-corrected chi connectivity index (χ0v) is 17.3. The average molecular weight is 477 g/mol. The van der Waals surface area contributed by atoms with Gasteiger partial charge in [0.2, 0.25) is 0 Å². The van der Waals surface area contributed by atoms with Crippen LogP contribution in [0.5, 0.6) is 0 Å². The third-order valence-electron chi connectivity index (χ3n) is 3.21. The molecule has 1 aromatic heterocycles. The molecule has 0 bridgehead atoms. The molecule has 0 saturated heterocycles. The lowest BCUT2D eigenvalue weighted by Gasteiger charge is -2.12. The minimum atomic E-state index is -0.340. The van der Waals surface area contributed by atoms with Crippen molar-refractivity contribution >= 4 is 41.7 Å². The molecule has 1 aromatic carbocycles. The normalized spacial score (nSPS) is 11.0. The first-order chi connectivity index (χ1) is 11.9. The number of nitrogens with one attached hydrogen (secondary N) is 2. The number of hydrogen-bond donors (Lipinski definition) is 2. The highest BCUT2D eigenvalue weighted by Gasteiger charge is 2.01. The van der Waals surface area contributed by atoms with Gasteiger partial charge in [0, 0.05) is 36.7 Å². The van der Waals surface area contributed by atoms with Gasteiger partial charge in [0.1, 0.15) is 5.76 Å². The van der Waals surface area contributed by atoms with Crippen molar-refractivity contribution in [1.82, 2.24) is 10.6 Å². The van der Waals surface area contributed by atoms with Crippen LogP contribution in [-0.2, 0) is 6.42 Å². The van der Waals surface area contributed by atoms with Crippen LogP contribution in [0.3, 0.4) is 0 Å². The molecule has 0 aliphatic carbocycles. The van der Waals surface area contributed by atoms with E-state index >= 15 is 0 Å². The maximum atomic E-state index is 12.2. The monoisotopic (exact) mass is 477 g/mol. The van der Waals surface area contributed by atoms with E-state index in [2.05, 4.69) is 27.8 Å². The third-order valence-corrected chi connectivity index (χ3v) is 4.23. The summed E-state index contributed by atoms with van der Waals surface area (Å²) >= 11 is 1.79. The van der Waals surface area contributed by atoms with E-state index in [1.54, 1.807) is 18.0 Å². The van der Waals surface area contributed by atoms with Crippen molar-refractivity contribution in [3.63, 3.8) is 0 Å². The molecular formula is C18H25FIN3OS. The number of alkyl halides is 1. The minimum Gasteiger partial charge on any atom is -0.469 e. The van der Waals surface area contributed by atoms with Crippen LogP contribution >= 0.6 is 35.7 Å². The van der Waals surface area contributed by atoms with E-state index in [0.29, 0.717) is 13.0 Å². The van der Waals surface area contributed by atoms with Gasteiger partial charge in [-0.15, -0.1) is 35.7 Å². The van der Waals surface area contributed by atoms with Crippen molar-refractivity contribution in [2.75, 3.05) is 32.1 Å². The summed E-state index contributed by atoms with van der Waals surface area (Å²) in [4.78, 5) is 5.64. The van der Waals surface area contributed by atoms with Gasteiger partial charge in [0.25, 0.3) is 0 Å². The number of aliphatic imine (C=N–C) groups is 1. The van der Waals surface area contributed by atoms with Gasteiger partial charge in [0.05, 0.1) is 12.9 Å². The first-order valence-electron chi connectivity index (χ1n) is 8.17. The third kappa shape index (κ3) is 9.74. The number of halogens is 2. The molecule has 0 aliphatic rings. The number of benzene rings is 1. The van der Waals surface area contributed by atoms with Crippen molar-refractivity contribution in [3.8, 4) is 0 Å². The highest BCUT2D eigenvalue weighted by atomic mass is 127. The predicted octanol–water partition coefficient (Wildman–Crippen LogP) is 4.13. The summed E-state index contributed by atoms with van der Waals surface area (Å²) in [7, 11) is 0. The Bertz CT molecular complexity index is 581. The number of hydrogen-bond acceptors (Lipinski definition) is 3. The number of nitrogens with zero attached hydrogens (tertiary/aromatic N) is 1. The topological polar surface area (TPSA) is 49.6 Å². The molecule has 2 aromatic rings. The lowest BCUT2D eigenvalue weighted by molar-refractivity contribution is 0.477. The highest BCUT2D eigenvalue weighted by molar-refractivity contribution is 14.0. The Morgan fingerprint density at radius 3 is 2.60 bits per heavy atom. The SMILES string of the molecule is FCCCN=C(NCCSc1ccccc1)NCCc1ccco1.I. The molecule has 0 spiro atoms. The van der Waals surface area contributed by atoms with E-state index in [1.165, 1.54) is 4.90 Å². The van der Waals surface area contributed by atoms with Crippen molar-refractivity contribution in [3.05, 3.63) is 54.5 Å². The lowest BCUT2D eigenvalue weighted by atomic mass is 10.3. The summed E-state index contributed by atoms with van der Waals surface area (Å²) < 4.78 is 17.6. The van der Waals surface area contributed by atoms with Crippen molar-refractivity contribution in [1.29, 1.82) is 0 Å². The van der Waals surface area contributed by atoms with Crippen LogP contribution in [0.15, 0.2) is 63.0 Å². The minimum absolute atomic E-state index is 0. The molecule has 1 heterocycles. The Hall–Kier alpha value is -1.22. The van der Waals surface area contributed by atoms with Crippen molar-refractivity contribution in [2.24, 2.45) is 4.99 Å². The Labute approximate surface area is 170 Å². The van der Waals surface area contributed by atoms with Crippen LogP contribution in [0.2, 0.25) is 0 Å². The summed E-state index contributed by atoms with van der Waals surface area (Å²) in [6, 6.07) is 14.1. The van der Waals surface area contributed by atoms with E-state index < -0.39 is 0 Å². The molecule has 0 amide bonds. The maximum Gasteiger partial charge on any atom is 0.191 e. The fourth-order valence-corrected chi connectivity index (χ4v) is 2.83. The Morgan fingerprint density at radius 2 is 1.88 bits per heavy atom. The molecule has 0 unspecified atom stereocenters. The largest absolute Gasteiger partial charge is 0.469 e. The molecule has 0 saturated carbocycles. The van der Waals surface area contributed by atoms with Crippen molar-refractivity contribution in [2.45, 2.75) is 17.7 Å². The van der Waals surface area contributed by atoms with E-state index in [4.69, 9.17) is 4.42 Å². The zero-order valence-electron chi connectivity index (χ0n) is 14.1. The van der Waals surface area contributed by atoms with Crippen LogP contribution in [0.25, 0.3) is 0 Å². The fraction of sp³-hybridized carbons (Fsp3) is 0.389. The molecule has 7 heteroatoms. The molecule has 0 aliphatic heterocycles. The average Bonchev–Trinajstić information content (AvgIpc) is 3.13. The van der Waals surface area contributed by atoms with E-state index in [1.807, 2.05) is 30.3 Å². The van der Waals surface area contributed by atoms with Crippen LogP contribution in [0.1, 0.15) is 12.2 Å². The quantitative estimate of drug-likeness (QED) is 0.178. The van der Waals surface area contributed by atoms with Crippen LogP contribution < -0.4 is 10.6 Å². The summed E-state index contributed by atoms with van der Waals surface area (Å²) in [6.07, 6.45) is 2.91. The van der Waals surface area contributed by atoms with Gasteiger partial charge in [-0.05, 0) is 30.7 Å². The van der Waals surface area contributed by atoms with E-state index in [0.717, 1.165) is 37.0 Å². The number of guanidine groups is 1. The summed E-state index contributed by atoms with van der Waals surface area (Å²) in [5.41, 5.74) is 0. The summed E-state index contributed by atoms with van der Waals surface area (Å²) in [5, 5.41) is 6.56.